The zero-order valence-corrected chi connectivity index (χ0v) is 12.5. The highest BCUT2D eigenvalue weighted by Crippen LogP contribution is 2.27. The summed E-state index contributed by atoms with van der Waals surface area (Å²) in [5.74, 6) is 0.507. The van der Waals surface area contributed by atoms with E-state index in [1.54, 1.807) is 0 Å². The Bertz CT molecular complexity index is 656. The van der Waals surface area contributed by atoms with Gasteiger partial charge in [0.25, 0.3) is 0 Å². The molecular weight excluding hydrogens is 288 g/mol. The topological polar surface area (TPSA) is 79.9 Å². The lowest BCUT2D eigenvalue weighted by Crippen LogP contribution is -2.15. The molecule has 1 amide bonds. The zero-order chi connectivity index (χ0) is 14.7. The monoisotopic (exact) mass is 304 g/mol. The van der Waals surface area contributed by atoms with Gasteiger partial charge in [0.05, 0.1) is 12.9 Å². The number of hydrogen-bond donors (Lipinski definition) is 2. The Morgan fingerprint density at radius 3 is 3.10 bits per heavy atom. The zero-order valence-electron chi connectivity index (χ0n) is 11.7. The van der Waals surface area contributed by atoms with E-state index in [1.165, 1.54) is 42.8 Å². The SMILES string of the molecule is COc1n[nH]c(NC(=O)CSc2ccc3c(c2)CCC3)n1. The van der Waals surface area contributed by atoms with Crippen molar-refractivity contribution in [2.45, 2.75) is 24.2 Å². The summed E-state index contributed by atoms with van der Waals surface area (Å²) in [6.45, 7) is 0. The van der Waals surface area contributed by atoms with Crippen LogP contribution in [0.25, 0.3) is 0 Å². The van der Waals surface area contributed by atoms with Crippen LogP contribution in [0.4, 0.5) is 5.95 Å². The number of aryl methyl sites for hydroxylation is 2. The second kappa shape index (κ2) is 6.17. The molecule has 0 saturated carbocycles. The predicted octanol–water partition coefficient (Wildman–Crippen LogP) is 2.03. The van der Waals surface area contributed by atoms with Crippen molar-refractivity contribution in [3.8, 4) is 6.01 Å². The van der Waals surface area contributed by atoms with Gasteiger partial charge in [0, 0.05) is 4.90 Å². The van der Waals surface area contributed by atoms with Gasteiger partial charge in [0.1, 0.15) is 0 Å². The molecule has 0 aliphatic heterocycles. The van der Waals surface area contributed by atoms with Gasteiger partial charge in [-0.05, 0) is 42.5 Å². The summed E-state index contributed by atoms with van der Waals surface area (Å²) >= 11 is 1.52. The number of benzene rings is 1. The van der Waals surface area contributed by atoms with Crippen LogP contribution in [0.1, 0.15) is 17.5 Å². The number of rotatable bonds is 5. The van der Waals surface area contributed by atoms with E-state index in [-0.39, 0.29) is 11.9 Å². The van der Waals surface area contributed by atoms with Gasteiger partial charge in [-0.15, -0.1) is 16.9 Å². The molecule has 1 aromatic carbocycles. The number of fused-ring (bicyclic) bond motifs is 1. The van der Waals surface area contributed by atoms with Crippen molar-refractivity contribution in [3.63, 3.8) is 0 Å². The molecule has 3 rings (SSSR count). The van der Waals surface area contributed by atoms with Crippen molar-refractivity contribution in [2.75, 3.05) is 18.2 Å². The predicted molar refractivity (Wildman–Crippen MR) is 80.8 cm³/mol. The van der Waals surface area contributed by atoms with Crippen LogP contribution in [0, 0.1) is 0 Å². The molecule has 1 aliphatic rings. The number of carbonyl (C=O) groups is 1. The number of thioether (sulfide) groups is 1. The molecule has 1 aliphatic carbocycles. The van der Waals surface area contributed by atoms with E-state index in [0.29, 0.717) is 11.7 Å². The van der Waals surface area contributed by atoms with E-state index in [4.69, 9.17) is 4.74 Å². The van der Waals surface area contributed by atoms with E-state index < -0.39 is 0 Å². The molecular formula is C14H16N4O2S. The number of anilines is 1. The van der Waals surface area contributed by atoms with Crippen LogP contribution in [0.15, 0.2) is 23.1 Å². The highest BCUT2D eigenvalue weighted by atomic mass is 32.2. The maximum absolute atomic E-state index is 11.9. The second-order valence-corrected chi connectivity index (χ2v) is 5.84. The molecule has 1 heterocycles. The molecule has 0 unspecified atom stereocenters. The fourth-order valence-electron chi connectivity index (χ4n) is 2.35. The van der Waals surface area contributed by atoms with Crippen molar-refractivity contribution in [2.24, 2.45) is 0 Å². The number of amides is 1. The maximum Gasteiger partial charge on any atom is 0.336 e. The first-order valence-electron chi connectivity index (χ1n) is 6.75. The third-order valence-corrected chi connectivity index (χ3v) is 4.34. The molecule has 0 bridgehead atoms. The van der Waals surface area contributed by atoms with E-state index in [0.717, 1.165) is 11.3 Å². The molecule has 110 valence electrons. The number of methoxy groups -OCH3 is 1. The number of nitrogens with one attached hydrogen (secondary N) is 2. The number of H-pyrrole nitrogens is 1. The summed E-state index contributed by atoms with van der Waals surface area (Å²) in [4.78, 5) is 16.9. The molecule has 0 radical (unpaired) electrons. The Labute approximate surface area is 126 Å². The van der Waals surface area contributed by atoms with E-state index in [2.05, 4.69) is 38.7 Å². The summed E-state index contributed by atoms with van der Waals surface area (Å²) in [6.07, 6.45) is 3.55. The van der Waals surface area contributed by atoms with Gasteiger partial charge in [0.15, 0.2) is 0 Å². The average molecular weight is 304 g/mol. The fourth-order valence-corrected chi connectivity index (χ4v) is 3.11. The summed E-state index contributed by atoms with van der Waals surface area (Å²) in [5.41, 5.74) is 2.86. The summed E-state index contributed by atoms with van der Waals surface area (Å²) in [6, 6.07) is 6.65. The first-order valence-corrected chi connectivity index (χ1v) is 7.74. The first-order chi connectivity index (χ1) is 10.2. The number of aromatic nitrogens is 3. The Balaban J connectivity index is 1.53. The van der Waals surface area contributed by atoms with E-state index in [9.17, 15) is 4.79 Å². The molecule has 2 aromatic rings. The minimum absolute atomic E-state index is 0.126. The van der Waals surface area contributed by atoms with Crippen LogP contribution >= 0.6 is 11.8 Å². The Morgan fingerprint density at radius 2 is 2.29 bits per heavy atom. The van der Waals surface area contributed by atoms with Gasteiger partial charge < -0.3 is 4.74 Å². The Kier molecular flexibility index (Phi) is 4.10. The van der Waals surface area contributed by atoms with Crippen LogP contribution in [-0.4, -0.2) is 34.0 Å². The van der Waals surface area contributed by atoms with Gasteiger partial charge in [-0.25, -0.2) is 5.10 Å². The molecule has 1 aromatic heterocycles. The Morgan fingerprint density at radius 1 is 1.43 bits per heavy atom. The third-order valence-electron chi connectivity index (χ3n) is 3.35. The van der Waals surface area contributed by atoms with Crippen molar-refractivity contribution in [3.05, 3.63) is 29.3 Å². The standard InChI is InChI=1S/C14H16N4O2S/c1-20-14-16-13(17-18-14)15-12(19)8-21-11-6-5-9-3-2-4-10(9)7-11/h5-7H,2-4,8H2,1H3,(H2,15,16,17,18,19). The number of carbonyl (C=O) groups excluding carboxylic acids is 1. The van der Waals surface area contributed by atoms with E-state index in [1.807, 2.05) is 0 Å². The lowest BCUT2D eigenvalue weighted by Gasteiger charge is -2.04. The van der Waals surface area contributed by atoms with Crippen LogP contribution in [0.5, 0.6) is 6.01 Å². The van der Waals surface area contributed by atoms with Crippen LogP contribution in [0.3, 0.4) is 0 Å². The minimum atomic E-state index is -0.126. The van der Waals surface area contributed by atoms with Crippen LogP contribution in [0.2, 0.25) is 0 Å². The fraction of sp³-hybridized carbons (Fsp3) is 0.357. The maximum atomic E-state index is 11.9. The second-order valence-electron chi connectivity index (χ2n) is 4.79. The smallest absolute Gasteiger partial charge is 0.336 e. The Hall–Kier alpha value is -2.02. The van der Waals surface area contributed by atoms with Crippen molar-refractivity contribution >= 4 is 23.6 Å². The highest BCUT2D eigenvalue weighted by molar-refractivity contribution is 8.00. The van der Waals surface area contributed by atoms with Crippen molar-refractivity contribution < 1.29 is 9.53 Å². The highest BCUT2D eigenvalue weighted by Gasteiger charge is 2.12. The number of hydrogen-bond acceptors (Lipinski definition) is 5. The molecule has 0 fully saturated rings. The first kappa shape index (κ1) is 13.9. The van der Waals surface area contributed by atoms with Crippen LogP contribution in [-0.2, 0) is 17.6 Å². The molecule has 6 nitrogen and oxygen atoms in total. The quantitative estimate of drug-likeness (QED) is 0.826. The largest absolute Gasteiger partial charge is 0.466 e. The normalized spacial score (nSPS) is 13.0. The van der Waals surface area contributed by atoms with Gasteiger partial charge >= 0.3 is 6.01 Å². The third kappa shape index (κ3) is 3.36. The lowest BCUT2D eigenvalue weighted by atomic mass is 10.1. The molecule has 0 saturated heterocycles. The minimum Gasteiger partial charge on any atom is -0.466 e. The summed E-state index contributed by atoms with van der Waals surface area (Å²) in [5, 5.41) is 9.01. The molecule has 7 heteroatoms. The number of nitrogens with zero attached hydrogens (tertiary/aromatic N) is 2. The lowest BCUT2D eigenvalue weighted by molar-refractivity contribution is -0.113. The molecule has 0 atom stereocenters. The van der Waals surface area contributed by atoms with Crippen molar-refractivity contribution in [1.82, 2.24) is 15.2 Å². The van der Waals surface area contributed by atoms with Gasteiger partial charge in [-0.3, -0.25) is 10.1 Å². The summed E-state index contributed by atoms with van der Waals surface area (Å²) < 4.78 is 4.84. The van der Waals surface area contributed by atoms with Crippen LogP contribution < -0.4 is 10.1 Å². The number of ether oxygens (including phenoxy) is 1. The molecule has 2 N–H and O–H groups in total. The van der Waals surface area contributed by atoms with Gasteiger partial charge in [0.2, 0.25) is 11.9 Å². The molecule has 21 heavy (non-hydrogen) atoms. The summed E-state index contributed by atoms with van der Waals surface area (Å²) in [7, 11) is 1.47. The van der Waals surface area contributed by atoms with Gasteiger partial charge in [-0.1, -0.05) is 6.07 Å². The molecule has 0 spiro atoms. The van der Waals surface area contributed by atoms with E-state index >= 15 is 0 Å². The van der Waals surface area contributed by atoms with Gasteiger partial charge in [-0.2, -0.15) is 4.98 Å². The van der Waals surface area contributed by atoms with Crippen molar-refractivity contribution in [1.29, 1.82) is 0 Å². The average Bonchev–Trinajstić information content (AvgIpc) is 3.13. The number of aromatic amines is 1.